The Morgan fingerprint density at radius 1 is 0.969 bits per heavy atom. The lowest BCUT2D eigenvalue weighted by Crippen LogP contribution is -2.35. The first kappa shape index (κ1) is 21.6. The van der Waals surface area contributed by atoms with Gasteiger partial charge in [-0.25, -0.2) is 0 Å². The molecule has 0 spiro atoms. The van der Waals surface area contributed by atoms with E-state index in [1.165, 1.54) is 5.56 Å². The van der Waals surface area contributed by atoms with Gasteiger partial charge in [-0.05, 0) is 42.3 Å². The Labute approximate surface area is 188 Å². The molecule has 2 N–H and O–H groups in total. The van der Waals surface area contributed by atoms with Crippen molar-refractivity contribution in [2.24, 2.45) is 0 Å². The molecular formula is C26H27N3O3. The zero-order valence-corrected chi connectivity index (χ0v) is 18.1. The number of fused-ring (bicyclic) bond motifs is 1. The molecule has 164 valence electrons. The predicted octanol–water partition coefficient (Wildman–Crippen LogP) is 3.87. The normalized spacial score (nSPS) is 14.8. The average Bonchev–Trinajstić information content (AvgIpc) is 3.09. The van der Waals surface area contributed by atoms with Crippen LogP contribution in [0, 0.1) is 0 Å². The minimum Gasteiger partial charge on any atom is -0.383 e. The van der Waals surface area contributed by atoms with Crippen LogP contribution in [0.1, 0.15) is 38.0 Å². The summed E-state index contributed by atoms with van der Waals surface area (Å²) in [6.45, 7) is 1.53. The summed E-state index contributed by atoms with van der Waals surface area (Å²) < 4.78 is 5.19. The van der Waals surface area contributed by atoms with Gasteiger partial charge in [0, 0.05) is 42.6 Å². The highest BCUT2D eigenvalue weighted by Gasteiger charge is 2.36. The SMILES string of the molecule is COCCN1C(=O)c2ccccc2C1Nc1ccc(C(=O)NCCc2ccccc2)cc1. The maximum atomic E-state index is 12.8. The van der Waals surface area contributed by atoms with Crippen LogP contribution in [-0.4, -0.2) is 43.5 Å². The summed E-state index contributed by atoms with van der Waals surface area (Å²) in [6.07, 6.45) is 0.512. The van der Waals surface area contributed by atoms with Crippen LogP contribution in [0.2, 0.25) is 0 Å². The Morgan fingerprint density at radius 2 is 1.69 bits per heavy atom. The molecule has 0 bridgehead atoms. The fourth-order valence-electron chi connectivity index (χ4n) is 3.89. The fraction of sp³-hybridized carbons (Fsp3) is 0.231. The number of benzene rings is 3. The van der Waals surface area contributed by atoms with E-state index >= 15 is 0 Å². The molecule has 6 nitrogen and oxygen atoms in total. The van der Waals surface area contributed by atoms with Gasteiger partial charge in [-0.15, -0.1) is 0 Å². The lowest BCUT2D eigenvalue weighted by molar-refractivity contribution is 0.0674. The zero-order chi connectivity index (χ0) is 22.3. The molecule has 1 aliphatic rings. The van der Waals surface area contributed by atoms with Crippen molar-refractivity contribution in [2.75, 3.05) is 32.1 Å². The van der Waals surface area contributed by atoms with Crippen LogP contribution in [0.4, 0.5) is 5.69 Å². The second-order valence-electron chi connectivity index (χ2n) is 7.69. The third-order valence-electron chi connectivity index (χ3n) is 5.59. The number of hydrogen-bond acceptors (Lipinski definition) is 4. The van der Waals surface area contributed by atoms with Crippen molar-refractivity contribution >= 4 is 17.5 Å². The van der Waals surface area contributed by atoms with E-state index in [1.54, 1.807) is 24.1 Å². The highest BCUT2D eigenvalue weighted by Crippen LogP contribution is 2.34. The molecule has 1 unspecified atom stereocenters. The molecule has 1 aliphatic heterocycles. The highest BCUT2D eigenvalue weighted by molar-refractivity contribution is 5.99. The molecule has 6 heteroatoms. The molecular weight excluding hydrogens is 402 g/mol. The first-order valence-corrected chi connectivity index (χ1v) is 10.7. The molecule has 0 fully saturated rings. The number of ether oxygens (including phenoxy) is 1. The average molecular weight is 430 g/mol. The first-order chi connectivity index (χ1) is 15.7. The molecule has 0 radical (unpaired) electrons. The minimum absolute atomic E-state index is 0.00966. The van der Waals surface area contributed by atoms with E-state index in [0.29, 0.717) is 30.8 Å². The summed E-state index contributed by atoms with van der Waals surface area (Å²) in [7, 11) is 1.62. The molecule has 3 aromatic carbocycles. The summed E-state index contributed by atoms with van der Waals surface area (Å²) in [4.78, 5) is 27.1. The van der Waals surface area contributed by atoms with E-state index in [-0.39, 0.29) is 18.0 Å². The van der Waals surface area contributed by atoms with Crippen molar-refractivity contribution in [1.29, 1.82) is 0 Å². The number of nitrogens with one attached hydrogen (secondary N) is 2. The quantitative estimate of drug-likeness (QED) is 0.542. The second-order valence-corrected chi connectivity index (χ2v) is 7.69. The van der Waals surface area contributed by atoms with E-state index in [9.17, 15) is 9.59 Å². The summed E-state index contributed by atoms with van der Waals surface area (Å²) >= 11 is 0. The van der Waals surface area contributed by atoms with Gasteiger partial charge in [0.1, 0.15) is 6.17 Å². The van der Waals surface area contributed by atoms with Crippen molar-refractivity contribution in [3.8, 4) is 0 Å². The first-order valence-electron chi connectivity index (χ1n) is 10.7. The molecule has 1 heterocycles. The van der Waals surface area contributed by atoms with Crippen LogP contribution >= 0.6 is 0 Å². The van der Waals surface area contributed by atoms with Gasteiger partial charge in [0.05, 0.1) is 6.61 Å². The molecule has 1 atom stereocenters. The summed E-state index contributed by atoms with van der Waals surface area (Å²) in [5.74, 6) is -0.111. The Bertz CT molecular complexity index is 1070. The van der Waals surface area contributed by atoms with E-state index in [1.807, 2.05) is 54.6 Å². The molecule has 4 rings (SSSR count). The molecule has 0 saturated heterocycles. The van der Waals surface area contributed by atoms with E-state index < -0.39 is 0 Å². The van der Waals surface area contributed by atoms with Gasteiger partial charge in [-0.1, -0.05) is 48.5 Å². The Morgan fingerprint density at radius 3 is 2.44 bits per heavy atom. The van der Waals surface area contributed by atoms with E-state index in [2.05, 4.69) is 22.8 Å². The molecule has 2 amide bonds. The van der Waals surface area contributed by atoms with Gasteiger partial charge in [0.15, 0.2) is 0 Å². The van der Waals surface area contributed by atoms with Crippen LogP contribution in [0.25, 0.3) is 0 Å². The third-order valence-corrected chi connectivity index (χ3v) is 5.59. The molecule has 0 aliphatic carbocycles. The van der Waals surface area contributed by atoms with Crippen molar-refractivity contribution in [1.82, 2.24) is 10.2 Å². The lowest BCUT2D eigenvalue weighted by Gasteiger charge is -2.27. The van der Waals surface area contributed by atoms with Crippen LogP contribution in [0.5, 0.6) is 0 Å². The number of rotatable bonds is 9. The Balaban J connectivity index is 1.40. The fourth-order valence-corrected chi connectivity index (χ4v) is 3.89. The standard InChI is InChI=1S/C26H27N3O3/c1-32-18-17-29-24(22-9-5-6-10-23(22)26(29)31)28-21-13-11-20(12-14-21)25(30)27-16-15-19-7-3-2-4-8-19/h2-14,24,28H,15-18H2,1H3,(H,27,30). The number of amides is 2. The van der Waals surface area contributed by atoms with Gasteiger partial charge in [-0.3, -0.25) is 9.59 Å². The van der Waals surface area contributed by atoms with Gasteiger partial charge in [0.25, 0.3) is 11.8 Å². The van der Waals surface area contributed by atoms with Crippen LogP contribution in [-0.2, 0) is 11.2 Å². The highest BCUT2D eigenvalue weighted by atomic mass is 16.5. The smallest absolute Gasteiger partial charge is 0.256 e. The number of nitrogens with zero attached hydrogens (tertiary/aromatic N) is 1. The lowest BCUT2D eigenvalue weighted by atomic mass is 10.1. The summed E-state index contributed by atoms with van der Waals surface area (Å²) in [5, 5.41) is 6.40. The third kappa shape index (κ3) is 4.81. The topological polar surface area (TPSA) is 70.7 Å². The Kier molecular flexibility index (Phi) is 6.82. The maximum Gasteiger partial charge on any atom is 0.256 e. The largest absolute Gasteiger partial charge is 0.383 e. The van der Waals surface area contributed by atoms with Crippen molar-refractivity contribution < 1.29 is 14.3 Å². The van der Waals surface area contributed by atoms with Gasteiger partial charge in [-0.2, -0.15) is 0 Å². The van der Waals surface area contributed by atoms with Crippen molar-refractivity contribution in [3.05, 3.63) is 101 Å². The van der Waals surface area contributed by atoms with Crippen LogP contribution in [0.15, 0.2) is 78.9 Å². The second kappa shape index (κ2) is 10.1. The van der Waals surface area contributed by atoms with Crippen LogP contribution in [0.3, 0.4) is 0 Å². The minimum atomic E-state index is -0.278. The van der Waals surface area contributed by atoms with Gasteiger partial charge >= 0.3 is 0 Å². The number of hydrogen-bond donors (Lipinski definition) is 2. The van der Waals surface area contributed by atoms with E-state index in [4.69, 9.17) is 4.74 Å². The zero-order valence-electron chi connectivity index (χ0n) is 18.1. The molecule has 0 aromatic heterocycles. The predicted molar refractivity (Wildman–Crippen MR) is 125 cm³/mol. The van der Waals surface area contributed by atoms with E-state index in [0.717, 1.165) is 17.7 Å². The molecule has 32 heavy (non-hydrogen) atoms. The Hall–Kier alpha value is -3.64. The summed E-state index contributed by atoms with van der Waals surface area (Å²) in [5.41, 5.74) is 4.27. The number of anilines is 1. The molecule has 0 saturated carbocycles. The molecule has 3 aromatic rings. The number of carbonyl (C=O) groups is 2. The van der Waals surface area contributed by atoms with Crippen LogP contribution < -0.4 is 10.6 Å². The maximum absolute atomic E-state index is 12.8. The summed E-state index contributed by atoms with van der Waals surface area (Å²) in [6, 6.07) is 25.0. The van der Waals surface area contributed by atoms with Gasteiger partial charge < -0.3 is 20.3 Å². The van der Waals surface area contributed by atoms with Crippen molar-refractivity contribution in [3.63, 3.8) is 0 Å². The number of methoxy groups -OCH3 is 1. The van der Waals surface area contributed by atoms with Crippen molar-refractivity contribution in [2.45, 2.75) is 12.6 Å². The van der Waals surface area contributed by atoms with Gasteiger partial charge in [0.2, 0.25) is 0 Å². The monoisotopic (exact) mass is 429 g/mol. The number of carbonyl (C=O) groups excluding carboxylic acids is 2.